The Labute approximate surface area is 112 Å². The Bertz CT molecular complexity index is 528. The van der Waals surface area contributed by atoms with Gasteiger partial charge in [0.1, 0.15) is 0 Å². The summed E-state index contributed by atoms with van der Waals surface area (Å²) in [5.41, 5.74) is 0.926. The molecule has 1 aliphatic carbocycles. The van der Waals surface area contributed by atoms with E-state index >= 15 is 0 Å². The Balaban J connectivity index is 2.03. The highest BCUT2D eigenvalue weighted by molar-refractivity contribution is 5.31. The molecule has 0 spiro atoms. The maximum absolute atomic E-state index is 11.8. The van der Waals surface area contributed by atoms with E-state index in [-0.39, 0.29) is 17.8 Å². The molecule has 2 fully saturated rings. The highest BCUT2D eigenvalue weighted by Crippen LogP contribution is 2.38. The van der Waals surface area contributed by atoms with Gasteiger partial charge >= 0.3 is 0 Å². The van der Waals surface area contributed by atoms with Crippen molar-refractivity contribution in [3.05, 3.63) is 27.7 Å². The van der Waals surface area contributed by atoms with Crippen LogP contribution in [-0.4, -0.2) is 32.8 Å². The van der Waals surface area contributed by atoms with Gasteiger partial charge in [-0.1, -0.05) is 0 Å². The third-order valence-electron chi connectivity index (χ3n) is 4.05. The summed E-state index contributed by atoms with van der Waals surface area (Å²) >= 11 is 0. The lowest BCUT2D eigenvalue weighted by Gasteiger charge is -2.22. The van der Waals surface area contributed by atoms with Crippen LogP contribution in [0.25, 0.3) is 0 Å². The molecule has 0 aromatic carbocycles. The number of likely N-dealkylation sites (tertiary alicyclic amines) is 1. The largest absolute Gasteiger partial charge is 0.503 e. The molecule has 3 rings (SSSR count). The molecule has 1 saturated carbocycles. The van der Waals surface area contributed by atoms with Crippen LogP contribution in [0.4, 0.5) is 0 Å². The van der Waals surface area contributed by atoms with Crippen LogP contribution in [0.5, 0.6) is 5.75 Å². The minimum atomic E-state index is -0.379. The van der Waals surface area contributed by atoms with Crippen LogP contribution in [0.3, 0.4) is 0 Å². The maximum Gasteiger partial charge on any atom is 0.223 e. The van der Waals surface area contributed by atoms with Gasteiger partial charge in [0.05, 0.1) is 12.3 Å². The molecule has 1 saturated heterocycles. The van der Waals surface area contributed by atoms with Crippen molar-refractivity contribution in [2.24, 2.45) is 0 Å². The molecular weight excluding hydrogens is 244 g/mol. The first-order chi connectivity index (χ1) is 9.20. The molecule has 0 radical (unpaired) electrons. The Morgan fingerprint density at radius 1 is 1.26 bits per heavy atom. The van der Waals surface area contributed by atoms with E-state index < -0.39 is 0 Å². The summed E-state index contributed by atoms with van der Waals surface area (Å²) in [6, 6.07) is 1.70. The molecule has 2 N–H and O–H groups in total. The monoisotopic (exact) mass is 264 g/mol. The number of aliphatic hydroxyl groups excluding tert-OH is 1. The van der Waals surface area contributed by atoms with Crippen LogP contribution in [0.1, 0.15) is 43.1 Å². The number of pyridine rings is 1. The van der Waals surface area contributed by atoms with E-state index in [0.717, 1.165) is 25.9 Å². The summed E-state index contributed by atoms with van der Waals surface area (Å²) in [5.74, 6) is -0.143. The molecule has 5 heteroatoms. The summed E-state index contributed by atoms with van der Waals surface area (Å²) in [5, 5.41) is 19.5. The molecule has 0 bridgehead atoms. The number of aromatic hydroxyl groups is 1. The summed E-state index contributed by atoms with van der Waals surface area (Å²) in [6.07, 6.45) is 4.47. The predicted octanol–water partition coefficient (Wildman–Crippen LogP) is 0.977. The van der Waals surface area contributed by atoms with Crippen LogP contribution in [0.2, 0.25) is 0 Å². The van der Waals surface area contributed by atoms with Gasteiger partial charge in [-0.15, -0.1) is 0 Å². The zero-order valence-electron chi connectivity index (χ0n) is 11.0. The Kier molecular flexibility index (Phi) is 3.33. The molecular formula is C14H20N2O3. The highest BCUT2D eigenvalue weighted by Gasteiger charge is 2.30. The molecule has 0 unspecified atom stereocenters. The van der Waals surface area contributed by atoms with Gasteiger partial charge in [-0.3, -0.25) is 9.69 Å². The summed E-state index contributed by atoms with van der Waals surface area (Å²) in [7, 11) is 0. The first kappa shape index (κ1) is 12.7. The first-order valence-corrected chi connectivity index (χ1v) is 7.00. The lowest BCUT2D eigenvalue weighted by atomic mass is 10.2. The van der Waals surface area contributed by atoms with E-state index in [1.54, 1.807) is 0 Å². The van der Waals surface area contributed by atoms with Crippen LogP contribution in [0.15, 0.2) is 10.9 Å². The summed E-state index contributed by atoms with van der Waals surface area (Å²) in [6.45, 7) is 2.48. The fourth-order valence-corrected chi connectivity index (χ4v) is 2.93. The average Bonchev–Trinajstić information content (AvgIpc) is 3.11. The molecule has 2 aliphatic rings. The number of hydrogen-bond donors (Lipinski definition) is 2. The molecule has 19 heavy (non-hydrogen) atoms. The molecule has 1 aromatic rings. The summed E-state index contributed by atoms with van der Waals surface area (Å²) in [4.78, 5) is 14.1. The van der Waals surface area contributed by atoms with Crippen molar-refractivity contribution >= 4 is 0 Å². The van der Waals surface area contributed by atoms with Crippen LogP contribution >= 0.6 is 0 Å². The second-order valence-corrected chi connectivity index (χ2v) is 5.54. The van der Waals surface area contributed by atoms with Gasteiger partial charge < -0.3 is 14.8 Å². The zero-order valence-corrected chi connectivity index (χ0v) is 11.0. The second kappa shape index (κ2) is 4.98. The van der Waals surface area contributed by atoms with Gasteiger partial charge in [0, 0.05) is 24.3 Å². The van der Waals surface area contributed by atoms with E-state index in [4.69, 9.17) is 0 Å². The number of rotatable bonds is 4. The van der Waals surface area contributed by atoms with E-state index in [1.165, 1.54) is 18.9 Å². The van der Waals surface area contributed by atoms with Crippen molar-refractivity contribution in [1.29, 1.82) is 0 Å². The Morgan fingerprint density at radius 2 is 1.95 bits per heavy atom. The number of aliphatic hydroxyl groups is 1. The zero-order chi connectivity index (χ0) is 13.4. The van der Waals surface area contributed by atoms with Crippen molar-refractivity contribution < 1.29 is 10.2 Å². The van der Waals surface area contributed by atoms with E-state index in [9.17, 15) is 15.0 Å². The topological polar surface area (TPSA) is 65.7 Å². The molecule has 104 valence electrons. The highest BCUT2D eigenvalue weighted by atomic mass is 16.3. The molecule has 0 amide bonds. The van der Waals surface area contributed by atoms with Gasteiger partial charge in [0.2, 0.25) is 5.43 Å². The quantitative estimate of drug-likeness (QED) is 0.850. The molecule has 1 aliphatic heterocycles. The third kappa shape index (κ3) is 2.40. The predicted molar refractivity (Wildman–Crippen MR) is 71.1 cm³/mol. The van der Waals surface area contributed by atoms with Crippen molar-refractivity contribution in [2.75, 3.05) is 13.1 Å². The molecule has 1 aromatic heterocycles. The molecule has 0 atom stereocenters. The van der Waals surface area contributed by atoms with Crippen molar-refractivity contribution in [3.8, 4) is 5.75 Å². The van der Waals surface area contributed by atoms with Gasteiger partial charge in [-0.2, -0.15) is 0 Å². The third-order valence-corrected chi connectivity index (χ3v) is 4.05. The van der Waals surface area contributed by atoms with Gasteiger partial charge in [0.25, 0.3) is 0 Å². The number of nitrogens with zero attached hydrogens (tertiary/aromatic N) is 2. The van der Waals surface area contributed by atoms with Crippen molar-refractivity contribution in [3.63, 3.8) is 0 Å². The van der Waals surface area contributed by atoms with Gasteiger partial charge in [0.15, 0.2) is 5.75 Å². The minimum Gasteiger partial charge on any atom is -0.503 e. The van der Waals surface area contributed by atoms with Crippen LogP contribution < -0.4 is 5.43 Å². The summed E-state index contributed by atoms with van der Waals surface area (Å²) < 4.78 is 1.98. The number of aromatic nitrogens is 1. The van der Waals surface area contributed by atoms with Crippen molar-refractivity contribution in [1.82, 2.24) is 9.47 Å². The normalized spacial score (nSPS) is 20.1. The van der Waals surface area contributed by atoms with Crippen LogP contribution in [-0.2, 0) is 13.2 Å². The standard InChI is InChI=1S/C14H20N2O3/c17-9-11-7-13(18)14(19)12(16(11)10-3-4-10)8-15-5-1-2-6-15/h7,10,17,19H,1-6,8-9H2. The lowest BCUT2D eigenvalue weighted by Crippen LogP contribution is -2.25. The SMILES string of the molecule is O=c1cc(CO)n(C2CC2)c(CN2CCCC2)c1O. The van der Waals surface area contributed by atoms with Gasteiger partial charge in [-0.05, 0) is 38.8 Å². The Hall–Kier alpha value is -1.33. The first-order valence-electron chi connectivity index (χ1n) is 7.00. The van der Waals surface area contributed by atoms with Gasteiger partial charge in [-0.25, -0.2) is 0 Å². The Morgan fingerprint density at radius 3 is 2.53 bits per heavy atom. The second-order valence-electron chi connectivity index (χ2n) is 5.54. The van der Waals surface area contributed by atoms with E-state index in [1.807, 2.05) is 4.57 Å². The average molecular weight is 264 g/mol. The lowest BCUT2D eigenvalue weighted by molar-refractivity contribution is 0.261. The van der Waals surface area contributed by atoms with E-state index in [2.05, 4.69) is 4.90 Å². The fourth-order valence-electron chi connectivity index (χ4n) is 2.93. The number of hydrogen-bond acceptors (Lipinski definition) is 4. The van der Waals surface area contributed by atoms with E-state index in [0.29, 0.717) is 24.0 Å². The molecule has 2 heterocycles. The van der Waals surface area contributed by atoms with Crippen molar-refractivity contribution in [2.45, 2.75) is 44.9 Å². The maximum atomic E-state index is 11.8. The van der Waals surface area contributed by atoms with Crippen LogP contribution in [0, 0.1) is 0 Å². The minimum absolute atomic E-state index is 0.143. The fraction of sp³-hybridized carbons (Fsp3) is 0.643. The molecule has 5 nitrogen and oxygen atoms in total. The smallest absolute Gasteiger partial charge is 0.223 e.